The molecule has 2 N–H and O–H groups in total. The standard InChI is InChI=1S/C18H29FN2O/c1-13-11-16(12-14(2)18(13)19)15(3)20-7-4-8-21-9-5-17(22)6-10-21/h11-12,15,17,20,22H,4-10H2,1-3H3. The highest BCUT2D eigenvalue weighted by molar-refractivity contribution is 5.32. The van der Waals surface area contributed by atoms with Gasteiger partial charge in [-0.15, -0.1) is 0 Å². The molecule has 4 heteroatoms. The van der Waals surface area contributed by atoms with E-state index in [2.05, 4.69) is 17.1 Å². The van der Waals surface area contributed by atoms with Crippen LogP contribution in [0.4, 0.5) is 4.39 Å². The van der Waals surface area contributed by atoms with Crippen molar-refractivity contribution in [2.24, 2.45) is 0 Å². The summed E-state index contributed by atoms with van der Waals surface area (Å²) in [6, 6.07) is 4.11. The lowest BCUT2D eigenvalue weighted by atomic mass is 10.0. The Bertz CT molecular complexity index is 461. The lowest BCUT2D eigenvalue weighted by Gasteiger charge is -2.29. The topological polar surface area (TPSA) is 35.5 Å². The summed E-state index contributed by atoms with van der Waals surface area (Å²) in [6.07, 6.45) is 2.80. The average molecular weight is 308 g/mol. The first-order chi connectivity index (χ1) is 10.5. The third-order valence-corrected chi connectivity index (χ3v) is 4.62. The van der Waals surface area contributed by atoms with Gasteiger partial charge in [0.25, 0.3) is 0 Å². The smallest absolute Gasteiger partial charge is 0.129 e. The molecule has 0 bridgehead atoms. The fourth-order valence-corrected chi connectivity index (χ4v) is 3.11. The third kappa shape index (κ3) is 4.77. The molecule has 0 amide bonds. The molecule has 1 aromatic rings. The highest BCUT2D eigenvalue weighted by Gasteiger charge is 2.16. The molecule has 1 saturated heterocycles. The number of hydrogen-bond donors (Lipinski definition) is 2. The van der Waals surface area contributed by atoms with Gasteiger partial charge in [-0.05, 0) is 69.8 Å². The Morgan fingerprint density at radius 3 is 2.45 bits per heavy atom. The zero-order valence-corrected chi connectivity index (χ0v) is 14.0. The van der Waals surface area contributed by atoms with Gasteiger partial charge in [0.15, 0.2) is 0 Å². The lowest BCUT2D eigenvalue weighted by Crippen LogP contribution is -2.37. The summed E-state index contributed by atoms with van der Waals surface area (Å²) in [4.78, 5) is 2.42. The maximum absolute atomic E-state index is 13.7. The zero-order chi connectivity index (χ0) is 16.1. The van der Waals surface area contributed by atoms with Gasteiger partial charge < -0.3 is 15.3 Å². The number of aliphatic hydroxyl groups excluding tert-OH is 1. The van der Waals surface area contributed by atoms with Gasteiger partial charge in [-0.3, -0.25) is 0 Å². The molecule has 22 heavy (non-hydrogen) atoms. The van der Waals surface area contributed by atoms with Crippen molar-refractivity contribution < 1.29 is 9.50 Å². The summed E-state index contributed by atoms with van der Waals surface area (Å²) in [5.74, 6) is -0.0942. The second-order valence-electron chi connectivity index (χ2n) is 6.57. The van der Waals surface area contributed by atoms with Gasteiger partial charge in [-0.25, -0.2) is 4.39 Å². The van der Waals surface area contributed by atoms with E-state index in [0.717, 1.165) is 62.1 Å². The Hall–Kier alpha value is -0.970. The summed E-state index contributed by atoms with van der Waals surface area (Å²) >= 11 is 0. The van der Waals surface area contributed by atoms with Crippen LogP contribution in [0, 0.1) is 19.7 Å². The van der Waals surface area contributed by atoms with E-state index >= 15 is 0 Å². The number of nitrogens with zero attached hydrogens (tertiary/aromatic N) is 1. The van der Waals surface area contributed by atoms with E-state index in [4.69, 9.17) is 0 Å². The Morgan fingerprint density at radius 2 is 1.86 bits per heavy atom. The van der Waals surface area contributed by atoms with Crippen molar-refractivity contribution in [2.45, 2.75) is 52.2 Å². The van der Waals surface area contributed by atoms with E-state index < -0.39 is 0 Å². The number of piperidine rings is 1. The van der Waals surface area contributed by atoms with Gasteiger partial charge >= 0.3 is 0 Å². The van der Waals surface area contributed by atoms with Crippen molar-refractivity contribution in [2.75, 3.05) is 26.2 Å². The summed E-state index contributed by atoms with van der Waals surface area (Å²) in [5.41, 5.74) is 2.59. The molecule has 1 aliphatic heterocycles. The van der Waals surface area contributed by atoms with E-state index in [1.165, 1.54) is 0 Å². The molecule has 3 nitrogen and oxygen atoms in total. The Balaban J connectivity index is 1.73. The molecule has 1 fully saturated rings. The second-order valence-corrected chi connectivity index (χ2v) is 6.57. The molecule has 1 heterocycles. The summed E-state index contributed by atoms with van der Waals surface area (Å²) in [5, 5.41) is 13.0. The van der Waals surface area contributed by atoms with Crippen molar-refractivity contribution in [3.63, 3.8) is 0 Å². The second kappa shape index (κ2) is 8.04. The van der Waals surface area contributed by atoms with Crippen LogP contribution >= 0.6 is 0 Å². The van der Waals surface area contributed by atoms with Crippen LogP contribution in [0.3, 0.4) is 0 Å². The predicted molar refractivity (Wildman–Crippen MR) is 88.6 cm³/mol. The van der Waals surface area contributed by atoms with Gasteiger partial charge in [0.1, 0.15) is 5.82 Å². The first kappa shape index (κ1) is 17.4. The Kier molecular flexibility index (Phi) is 6.36. The highest BCUT2D eigenvalue weighted by Crippen LogP contribution is 2.20. The number of aliphatic hydroxyl groups is 1. The minimum absolute atomic E-state index is 0.0942. The fraction of sp³-hybridized carbons (Fsp3) is 0.667. The first-order valence-electron chi connectivity index (χ1n) is 8.38. The van der Waals surface area contributed by atoms with Gasteiger partial charge in [0, 0.05) is 19.1 Å². The van der Waals surface area contributed by atoms with Crippen LogP contribution in [0.15, 0.2) is 12.1 Å². The number of benzene rings is 1. The van der Waals surface area contributed by atoms with Gasteiger partial charge in [-0.2, -0.15) is 0 Å². The van der Waals surface area contributed by atoms with Crippen LogP contribution in [-0.4, -0.2) is 42.3 Å². The van der Waals surface area contributed by atoms with Gasteiger partial charge in [0.05, 0.1) is 6.10 Å². The van der Waals surface area contributed by atoms with Crippen LogP contribution < -0.4 is 5.32 Å². The summed E-state index contributed by atoms with van der Waals surface area (Å²) in [7, 11) is 0. The maximum Gasteiger partial charge on any atom is 0.129 e. The van der Waals surface area contributed by atoms with E-state index in [0.29, 0.717) is 0 Å². The number of rotatable bonds is 6. The molecular formula is C18H29FN2O. The number of halogens is 1. The number of aryl methyl sites for hydroxylation is 2. The molecule has 1 aromatic carbocycles. The third-order valence-electron chi connectivity index (χ3n) is 4.62. The van der Waals surface area contributed by atoms with Crippen LogP contribution in [0.2, 0.25) is 0 Å². The van der Waals surface area contributed by atoms with E-state index in [-0.39, 0.29) is 18.0 Å². The van der Waals surface area contributed by atoms with Crippen LogP contribution in [0.25, 0.3) is 0 Å². The molecule has 1 atom stereocenters. The lowest BCUT2D eigenvalue weighted by molar-refractivity contribution is 0.0820. The minimum atomic E-state index is -0.0978. The molecule has 0 radical (unpaired) electrons. The van der Waals surface area contributed by atoms with E-state index in [9.17, 15) is 9.50 Å². The first-order valence-corrected chi connectivity index (χ1v) is 8.38. The van der Waals surface area contributed by atoms with Crippen molar-refractivity contribution in [3.05, 3.63) is 34.6 Å². The van der Waals surface area contributed by atoms with Crippen molar-refractivity contribution in [1.29, 1.82) is 0 Å². The van der Waals surface area contributed by atoms with E-state index in [1.54, 1.807) is 0 Å². The van der Waals surface area contributed by atoms with Crippen molar-refractivity contribution >= 4 is 0 Å². The predicted octanol–water partition coefficient (Wildman–Crippen LogP) is 2.94. The maximum atomic E-state index is 13.7. The molecule has 0 spiro atoms. The van der Waals surface area contributed by atoms with Crippen LogP contribution in [0.1, 0.15) is 48.9 Å². The zero-order valence-electron chi connectivity index (χ0n) is 14.0. The average Bonchev–Trinajstić information content (AvgIpc) is 2.50. The minimum Gasteiger partial charge on any atom is -0.393 e. The molecular weight excluding hydrogens is 279 g/mol. The number of likely N-dealkylation sites (tertiary alicyclic amines) is 1. The molecule has 0 aliphatic carbocycles. The molecule has 1 aliphatic rings. The molecule has 2 rings (SSSR count). The molecule has 1 unspecified atom stereocenters. The SMILES string of the molecule is Cc1cc(C(C)NCCCN2CCC(O)CC2)cc(C)c1F. The highest BCUT2D eigenvalue weighted by atomic mass is 19.1. The molecule has 0 saturated carbocycles. The van der Waals surface area contributed by atoms with E-state index in [1.807, 2.05) is 26.0 Å². The number of nitrogens with one attached hydrogen (secondary N) is 1. The van der Waals surface area contributed by atoms with Crippen molar-refractivity contribution in [1.82, 2.24) is 10.2 Å². The Labute approximate surface area is 133 Å². The fourth-order valence-electron chi connectivity index (χ4n) is 3.11. The van der Waals surface area contributed by atoms with Crippen LogP contribution in [0.5, 0.6) is 0 Å². The van der Waals surface area contributed by atoms with Gasteiger partial charge in [0.2, 0.25) is 0 Å². The summed E-state index contributed by atoms with van der Waals surface area (Å²) < 4.78 is 13.7. The number of hydrogen-bond acceptors (Lipinski definition) is 3. The van der Waals surface area contributed by atoms with Gasteiger partial charge in [-0.1, -0.05) is 12.1 Å². The normalized spacial score (nSPS) is 18.6. The Morgan fingerprint density at radius 1 is 1.27 bits per heavy atom. The monoisotopic (exact) mass is 308 g/mol. The molecule has 124 valence electrons. The largest absolute Gasteiger partial charge is 0.393 e. The van der Waals surface area contributed by atoms with Crippen molar-refractivity contribution in [3.8, 4) is 0 Å². The quantitative estimate of drug-likeness (QED) is 0.793. The van der Waals surface area contributed by atoms with Crippen LogP contribution in [-0.2, 0) is 0 Å². The summed E-state index contributed by atoms with van der Waals surface area (Å²) in [6.45, 7) is 9.82. The molecule has 0 aromatic heterocycles.